The van der Waals surface area contributed by atoms with Crippen LogP contribution in [0.1, 0.15) is 34.0 Å². The molecule has 1 aliphatic heterocycles. The largest absolute Gasteiger partial charge is 0.449 e. The second kappa shape index (κ2) is 9.36. The fraction of sp³-hybridized carbons (Fsp3) is 0.389. The fourth-order valence-electron chi connectivity index (χ4n) is 3.42. The van der Waals surface area contributed by atoms with Gasteiger partial charge < -0.3 is 20.9 Å². The van der Waals surface area contributed by atoms with E-state index >= 15 is 0 Å². The smallest absolute Gasteiger partial charge is 0.364 e. The van der Waals surface area contributed by atoms with Gasteiger partial charge in [0.15, 0.2) is 17.3 Å². The van der Waals surface area contributed by atoms with Crippen molar-refractivity contribution in [3.63, 3.8) is 0 Å². The number of rotatable bonds is 5. The maximum atomic E-state index is 13.8. The lowest BCUT2D eigenvalue weighted by molar-refractivity contribution is -0.148. The molecule has 0 radical (unpaired) electrons. The minimum absolute atomic E-state index is 0. The van der Waals surface area contributed by atoms with Crippen LogP contribution in [0.5, 0.6) is 0 Å². The summed E-state index contributed by atoms with van der Waals surface area (Å²) in [5.74, 6) is -6.67. The Morgan fingerprint density at radius 1 is 1.09 bits per heavy atom. The van der Waals surface area contributed by atoms with Gasteiger partial charge in [-0.15, -0.1) is 12.4 Å². The van der Waals surface area contributed by atoms with E-state index in [1.54, 1.807) is 0 Å². The SMILES string of the molecule is Cl.NC(=O)c1nc(C(F)(F)F)n2c1CN(C(=O)CC(N)Cc1cc(F)c(F)cc1F)CC2. The molecule has 3 rings (SSSR count). The molecule has 14 heteroatoms. The second-order valence-corrected chi connectivity index (χ2v) is 7.09. The van der Waals surface area contributed by atoms with Gasteiger partial charge in [0.25, 0.3) is 5.91 Å². The van der Waals surface area contributed by atoms with Gasteiger partial charge in [-0.1, -0.05) is 0 Å². The number of aromatic nitrogens is 2. The minimum atomic E-state index is -4.81. The average Bonchev–Trinajstić information content (AvgIpc) is 3.05. The summed E-state index contributed by atoms with van der Waals surface area (Å²) in [5, 5.41) is 0. The highest BCUT2D eigenvalue weighted by molar-refractivity contribution is 5.92. The lowest BCUT2D eigenvalue weighted by atomic mass is 10.0. The molecule has 0 saturated heterocycles. The van der Waals surface area contributed by atoms with Crippen LogP contribution < -0.4 is 11.5 Å². The van der Waals surface area contributed by atoms with Crippen molar-refractivity contribution in [2.75, 3.05) is 6.54 Å². The number of primary amides is 1. The van der Waals surface area contributed by atoms with Gasteiger partial charge in [0.05, 0.1) is 12.2 Å². The highest BCUT2D eigenvalue weighted by atomic mass is 35.5. The highest BCUT2D eigenvalue weighted by Gasteiger charge is 2.41. The van der Waals surface area contributed by atoms with Crippen molar-refractivity contribution in [2.24, 2.45) is 11.5 Å². The van der Waals surface area contributed by atoms with E-state index < -0.39 is 53.0 Å². The van der Waals surface area contributed by atoms with E-state index in [4.69, 9.17) is 11.5 Å². The van der Waals surface area contributed by atoms with Crippen LogP contribution >= 0.6 is 12.4 Å². The number of nitrogens with zero attached hydrogens (tertiary/aromatic N) is 3. The predicted molar refractivity (Wildman–Crippen MR) is 101 cm³/mol. The fourth-order valence-corrected chi connectivity index (χ4v) is 3.42. The molecule has 2 amide bonds. The van der Waals surface area contributed by atoms with Gasteiger partial charge in [-0.2, -0.15) is 13.2 Å². The molecule has 32 heavy (non-hydrogen) atoms. The van der Waals surface area contributed by atoms with Crippen molar-refractivity contribution < 1.29 is 35.9 Å². The number of amides is 2. The van der Waals surface area contributed by atoms with Gasteiger partial charge >= 0.3 is 6.18 Å². The van der Waals surface area contributed by atoms with Crippen LogP contribution in [0.2, 0.25) is 0 Å². The van der Waals surface area contributed by atoms with Crippen LogP contribution in [0, 0.1) is 17.5 Å². The third-order valence-electron chi connectivity index (χ3n) is 4.85. The van der Waals surface area contributed by atoms with E-state index in [9.17, 15) is 35.9 Å². The molecular formula is C18H18ClF6N5O2. The molecule has 1 aromatic carbocycles. The first-order chi connectivity index (χ1) is 14.4. The van der Waals surface area contributed by atoms with E-state index in [0.717, 1.165) is 4.57 Å². The number of halogens is 7. The molecule has 0 aliphatic carbocycles. The van der Waals surface area contributed by atoms with Crippen molar-refractivity contribution in [3.05, 3.63) is 52.4 Å². The lowest BCUT2D eigenvalue weighted by Crippen LogP contribution is -2.42. The van der Waals surface area contributed by atoms with Crippen molar-refractivity contribution in [1.82, 2.24) is 14.5 Å². The molecule has 0 spiro atoms. The summed E-state index contributed by atoms with van der Waals surface area (Å²) in [6.07, 6.45) is -5.43. The van der Waals surface area contributed by atoms with Crippen molar-refractivity contribution in [3.8, 4) is 0 Å². The van der Waals surface area contributed by atoms with Crippen LogP contribution in [0.25, 0.3) is 0 Å². The monoisotopic (exact) mass is 485 g/mol. The van der Waals surface area contributed by atoms with Gasteiger partial charge in [0, 0.05) is 31.6 Å². The Morgan fingerprint density at radius 3 is 2.31 bits per heavy atom. The van der Waals surface area contributed by atoms with Crippen LogP contribution in [0.15, 0.2) is 12.1 Å². The van der Waals surface area contributed by atoms with E-state index in [1.807, 2.05) is 0 Å². The Morgan fingerprint density at radius 2 is 1.72 bits per heavy atom. The molecule has 7 nitrogen and oxygen atoms in total. The number of carbonyl (C=O) groups excluding carboxylic acids is 2. The summed E-state index contributed by atoms with van der Waals surface area (Å²) in [6, 6.07) is 0.0425. The first-order valence-corrected chi connectivity index (χ1v) is 9.01. The van der Waals surface area contributed by atoms with E-state index in [-0.39, 0.29) is 56.1 Å². The van der Waals surface area contributed by atoms with Gasteiger partial charge in [0.2, 0.25) is 11.7 Å². The zero-order valence-electron chi connectivity index (χ0n) is 16.3. The first kappa shape index (κ1) is 25.5. The number of hydrogen-bond acceptors (Lipinski definition) is 4. The molecule has 1 aromatic heterocycles. The highest BCUT2D eigenvalue weighted by Crippen LogP contribution is 2.32. The summed E-state index contributed by atoms with van der Waals surface area (Å²) in [5.41, 5.74) is 10.00. The summed E-state index contributed by atoms with van der Waals surface area (Å²) in [6.45, 7) is -0.745. The topological polar surface area (TPSA) is 107 Å². The van der Waals surface area contributed by atoms with E-state index in [1.165, 1.54) is 4.90 Å². The van der Waals surface area contributed by atoms with Crippen molar-refractivity contribution in [1.29, 1.82) is 0 Å². The molecule has 2 aromatic rings. The third kappa shape index (κ3) is 5.15. The second-order valence-electron chi connectivity index (χ2n) is 7.09. The Labute approximate surface area is 183 Å². The zero-order valence-corrected chi connectivity index (χ0v) is 17.1. The number of hydrogen-bond donors (Lipinski definition) is 2. The Balaban J connectivity index is 0.00000363. The molecule has 1 atom stereocenters. The number of alkyl halides is 3. The number of imidazole rings is 1. The van der Waals surface area contributed by atoms with Gasteiger partial charge in [-0.3, -0.25) is 9.59 Å². The van der Waals surface area contributed by atoms with Crippen LogP contribution in [0.4, 0.5) is 26.3 Å². The molecule has 0 saturated carbocycles. The zero-order chi connectivity index (χ0) is 23.1. The Kier molecular flexibility index (Phi) is 7.45. The van der Waals surface area contributed by atoms with Crippen molar-refractivity contribution in [2.45, 2.75) is 38.1 Å². The molecule has 0 bridgehead atoms. The lowest BCUT2D eigenvalue weighted by Gasteiger charge is -2.30. The maximum absolute atomic E-state index is 13.8. The number of benzene rings is 1. The molecule has 4 N–H and O–H groups in total. The first-order valence-electron chi connectivity index (χ1n) is 9.01. The summed E-state index contributed by atoms with van der Waals surface area (Å²) < 4.78 is 80.4. The minimum Gasteiger partial charge on any atom is -0.364 e. The quantitative estimate of drug-likeness (QED) is 0.500. The van der Waals surface area contributed by atoms with E-state index in [0.29, 0.717) is 12.1 Å². The number of fused-ring (bicyclic) bond motifs is 1. The predicted octanol–water partition coefficient (Wildman–Crippen LogP) is 2.14. The number of carbonyl (C=O) groups is 2. The molecular weight excluding hydrogens is 468 g/mol. The molecule has 176 valence electrons. The van der Waals surface area contributed by atoms with Crippen LogP contribution in [-0.4, -0.2) is 38.9 Å². The maximum Gasteiger partial charge on any atom is 0.449 e. The van der Waals surface area contributed by atoms with Gasteiger partial charge in [0.1, 0.15) is 5.82 Å². The molecule has 0 fully saturated rings. The van der Waals surface area contributed by atoms with Crippen molar-refractivity contribution >= 4 is 24.2 Å². The summed E-state index contributed by atoms with van der Waals surface area (Å²) in [4.78, 5) is 28.5. The molecule has 2 heterocycles. The van der Waals surface area contributed by atoms with E-state index in [2.05, 4.69) is 4.98 Å². The molecule has 1 unspecified atom stereocenters. The van der Waals surface area contributed by atoms with Gasteiger partial charge in [-0.25, -0.2) is 18.2 Å². The Bertz CT molecular complexity index is 1040. The standard InChI is InChI=1S/C18H17F6N5O2.ClH/c19-10-6-12(21)11(20)4-8(10)3-9(25)5-14(30)28-1-2-29-13(7-28)15(16(26)31)27-17(29)18(22,23)24;/h4,6,9H,1-3,5,7,25H2,(H2,26,31);1H. The van der Waals surface area contributed by atoms with Crippen LogP contribution in [0.3, 0.4) is 0 Å². The molecule has 1 aliphatic rings. The normalized spacial score (nSPS) is 14.5. The van der Waals surface area contributed by atoms with Crippen LogP contribution in [-0.2, 0) is 30.5 Å². The Hall–Kier alpha value is -2.80. The average molecular weight is 486 g/mol. The third-order valence-corrected chi connectivity index (χ3v) is 4.85. The number of nitrogens with two attached hydrogens (primary N) is 2. The summed E-state index contributed by atoms with van der Waals surface area (Å²) in [7, 11) is 0. The summed E-state index contributed by atoms with van der Waals surface area (Å²) >= 11 is 0. The van der Waals surface area contributed by atoms with Gasteiger partial charge in [-0.05, 0) is 18.1 Å².